The van der Waals surface area contributed by atoms with Gasteiger partial charge in [-0.05, 0) is 55.5 Å². The maximum absolute atomic E-state index is 5.88. The molecular weight excluding hydrogens is 296 g/mol. The number of ether oxygens (including phenoxy) is 1. The van der Waals surface area contributed by atoms with E-state index >= 15 is 0 Å². The van der Waals surface area contributed by atoms with Gasteiger partial charge in [0.25, 0.3) is 0 Å². The molecule has 1 atom stereocenters. The molecule has 1 aromatic rings. The van der Waals surface area contributed by atoms with E-state index in [9.17, 15) is 0 Å². The molecule has 124 valence electrons. The van der Waals surface area contributed by atoms with E-state index in [1.54, 1.807) is 0 Å². The molecule has 22 heavy (non-hydrogen) atoms. The van der Waals surface area contributed by atoms with Crippen LogP contribution in [0.4, 0.5) is 0 Å². The fourth-order valence-electron chi connectivity index (χ4n) is 2.19. The van der Waals surface area contributed by atoms with Crippen molar-refractivity contribution in [2.45, 2.75) is 40.0 Å². The second-order valence-corrected chi connectivity index (χ2v) is 6.37. The topological polar surface area (TPSA) is 47.3 Å². The summed E-state index contributed by atoms with van der Waals surface area (Å²) < 4.78 is 5.82. The van der Waals surface area contributed by atoms with Crippen LogP contribution in [0.2, 0.25) is 5.02 Å². The number of hydrogen-bond acceptors (Lipinski definition) is 3. The second kappa shape index (κ2) is 9.75. The molecule has 0 radical (unpaired) electrons. The Morgan fingerprint density at radius 3 is 2.55 bits per heavy atom. The zero-order valence-electron chi connectivity index (χ0n) is 14.0. The lowest BCUT2D eigenvalue weighted by Crippen LogP contribution is -2.34. The first-order valence-corrected chi connectivity index (χ1v) is 8.42. The molecule has 0 saturated heterocycles. The molecule has 1 unspecified atom stereocenters. The summed E-state index contributed by atoms with van der Waals surface area (Å²) in [5.41, 5.74) is 7.07. The molecule has 0 aliphatic carbocycles. The van der Waals surface area contributed by atoms with E-state index in [-0.39, 0.29) is 5.41 Å². The highest BCUT2D eigenvalue weighted by Crippen LogP contribution is 2.24. The van der Waals surface area contributed by atoms with Gasteiger partial charge in [0.15, 0.2) is 0 Å². The third-order valence-corrected chi connectivity index (χ3v) is 4.25. The molecule has 0 spiro atoms. The highest BCUT2D eigenvalue weighted by Gasteiger charge is 2.21. The summed E-state index contributed by atoms with van der Waals surface area (Å²) in [6.07, 6.45) is 5.28. The van der Waals surface area contributed by atoms with Gasteiger partial charge in [0.2, 0.25) is 0 Å². The van der Waals surface area contributed by atoms with E-state index in [0.29, 0.717) is 6.61 Å². The number of nitrogens with two attached hydrogens (primary N) is 1. The van der Waals surface area contributed by atoms with E-state index in [1.165, 1.54) is 0 Å². The van der Waals surface area contributed by atoms with Gasteiger partial charge < -0.3 is 15.8 Å². The normalized spacial score (nSPS) is 14.5. The SMILES string of the molecule is CC/C=C(\COc1ccc(Cl)cc1)NCC(C)(CC)CCN. The summed E-state index contributed by atoms with van der Waals surface area (Å²) in [6, 6.07) is 7.44. The molecule has 0 heterocycles. The molecule has 0 aromatic heterocycles. The number of benzene rings is 1. The van der Waals surface area contributed by atoms with Gasteiger partial charge in [0, 0.05) is 17.3 Å². The highest BCUT2D eigenvalue weighted by molar-refractivity contribution is 6.30. The monoisotopic (exact) mass is 324 g/mol. The fourth-order valence-corrected chi connectivity index (χ4v) is 2.31. The Labute approximate surface area is 139 Å². The summed E-state index contributed by atoms with van der Waals surface area (Å²) in [4.78, 5) is 0. The predicted molar refractivity (Wildman–Crippen MR) is 95.4 cm³/mol. The summed E-state index contributed by atoms with van der Waals surface area (Å²) in [5.74, 6) is 0.827. The van der Waals surface area contributed by atoms with Crippen LogP contribution in [0.3, 0.4) is 0 Å². The lowest BCUT2D eigenvalue weighted by molar-refractivity contribution is 0.272. The lowest BCUT2D eigenvalue weighted by atomic mass is 9.84. The Bertz CT molecular complexity index is 459. The van der Waals surface area contributed by atoms with Crippen LogP contribution in [0.15, 0.2) is 36.0 Å². The Balaban J connectivity index is 2.55. The number of halogens is 1. The van der Waals surface area contributed by atoms with Crippen LogP contribution in [-0.2, 0) is 0 Å². The Hall–Kier alpha value is -1.19. The first-order valence-electron chi connectivity index (χ1n) is 8.04. The van der Waals surface area contributed by atoms with Crippen molar-refractivity contribution in [2.75, 3.05) is 19.7 Å². The Morgan fingerprint density at radius 1 is 1.32 bits per heavy atom. The maximum atomic E-state index is 5.88. The zero-order valence-corrected chi connectivity index (χ0v) is 14.7. The zero-order chi connectivity index (χ0) is 16.4. The first kappa shape index (κ1) is 18.9. The first-order chi connectivity index (χ1) is 10.5. The van der Waals surface area contributed by atoms with Crippen LogP contribution in [0, 0.1) is 5.41 Å². The maximum Gasteiger partial charge on any atom is 0.127 e. The summed E-state index contributed by atoms with van der Waals surface area (Å²) in [6.45, 7) is 8.79. The molecule has 0 amide bonds. The Kier molecular flexibility index (Phi) is 8.36. The number of hydrogen-bond donors (Lipinski definition) is 2. The summed E-state index contributed by atoms with van der Waals surface area (Å²) >= 11 is 5.88. The molecular formula is C18H29ClN2O. The van der Waals surface area contributed by atoms with Gasteiger partial charge in [-0.3, -0.25) is 0 Å². The van der Waals surface area contributed by atoms with Gasteiger partial charge in [-0.15, -0.1) is 0 Å². The minimum absolute atomic E-state index is 0.224. The van der Waals surface area contributed by atoms with Crippen LogP contribution in [0.1, 0.15) is 40.0 Å². The minimum atomic E-state index is 0.224. The van der Waals surface area contributed by atoms with Crippen molar-refractivity contribution in [3.05, 3.63) is 41.1 Å². The third kappa shape index (κ3) is 6.71. The Morgan fingerprint density at radius 2 is 2.00 bits per heavy atom. The number of nitrogens with one attached hydrogen (secondary N) is 1. The van der Waals surface area contributed by atoms with Crippen molar-refractivity contribution < 1.29 is 4.74 Å². The van der Waals surface area contributed by atoms with E-state index in [0.717, 1.165) is 48.8 Å². The number of rotatable bonds is 10. The molecule has 0 fully saturated rings. The van der Waals surface area contributed by atoms with Crippen LogP contribution in [-0.4, -0.2) is 19.7 Å². The summed E-state index contributed by atoms with van der Waals surface area (Å²) in [7, 11) is 0. The van der Waals surface area contributed by atoms with E-state index in [2.05, 4.69) is 32.2 Å². The molecule has 3 N–H and O–H groups in total. The smallest absolute Gasteiger partial charge is 0.127 e. The predicted octanol–water partition coefficient (Wildman–Crippen LogP) is 4.37. The van der Waals surface area contributed by atoms with Crippen LogP contribution < -0.4 is 15.8 Å². The standard InChI is InChI=1S/C18H29ClN2O/c1-4-6-16(21-14-18(3,5-2)11-12-20)13-22-17-9-7-15(19)8-10-17/h6-10,21H,4-5,11-14,20H2,1-3H3/b16-6+. The highest BCUT2D eigenvalue weighted by atomic mass is 35.5. The molecule has 0 aliphatic heterocycles. The lowest BCUT2D eigenvalue weighted by Gasteiger charge is -2.29. The molecule has 4 heteroatoms. The van der Waals surface area contributed by atoms with Crippen molar-refractivity contribution in [3.63, 3.8) is 0 Å². The van der Waals surface area contributed by atoms with Crippen LogP contribution in [0.25, 0.3) is 0 Å². The number of allylic oxidation sites excluding steroid dienone is 1. The average Bonchev–Trinajstić information content (AvgIpc) is 2.52. The van der Waals surface area contributed by atoms with E-state index in [1.807, 2.05) is 24.3 Å². The van der Waals surface area contributed by atoms with Crippen molar-refractivity contribution in [3.8, 4) is 5.75 Å². The van der Waals surface area contributed by atoms with Crippen LogP contribution >= 0.6 is 11.6 Å². The third-order valence-electron chi connectivity index (χ3n) is 4.00. The molecule has 0 aliphatic rings. The molecule has 0 bridgehead atoms. The largest absolute Gasteiger partial charge is 0.487 e. The van der Waals surface area contributed by atoms with Gasteiger partial charge in [-0.1, -0.05) is 38.4 Å². The second-order valence-electron chi connectivity index (χ2n) is 5.94. The van der Waals surface area contributed by atoms with Crippen molar-refractivity contribution in [2.24, 2.45) is 11.1 Å². The molecule has 1 rings (SSSR count). The summed E-state index contributed by atoms with van der Waals surface area (Å²) in [5, 5.41) is 4.25. The van der Waals surface area contributed by atoms with Crippen LogP contribution in [0.5, 0.6) is 5.75 Å². The molecule has 1 aromatic carbocycles. The molecule has 3 nitrogen and oxygen atoms in total. The quantitative estimate of drug-likeness (QED) is 0.672. The van der Waals surface area contributed by atoms with Gasteiger partial charge in [0.05, 0.1) is 0 Å². The van der Waals surface area contributed by atoms with Gasteiger partial charge in [-0.2, -0.15) is 0 Å². The minimum Gasteiger partial charge on any atom is -0.487 e. The van der Waals surface area contributed by atoms with E-state index in [4.69, 9.17) is 22.1 Å². The van der Waals surface area contributed by atoms with Gasteiger partial charge in [0.1, 0.15) is 12.4 Å². The van der Waals surface area contributed by atoms with Crippen molar-refractivity contribution in [1.82, 2.24) is 5.32 Å². The van der Waals surface area contributed by atoms with Gasteiger partial charge in [-0.25, -0.2) is 0 Å². The van der Waals surface area contributed by atoms with Crippen molar-refractivity contribution in [1.29, 1.82) is 0 Å². The average molecular weight is 325 g/mol. The van der Waals surface area contributed by atoms with Crippen molar-refractivity contribution >= 4 is 11.6 Å². The fraction of sp³-hybridized carbons (Fsp3) is 0.556. The van der Waals surface area contributed by atoms with Gasteiger partial charge >= 0.3 is 0 Å². The molecule has 0 saturated carbocycles. The van der Waals surface area contributed by atoms with E-state index < -0.39 is 0 Å².